The SMILES string of the molecule is CC(OC(=O)c1ccc2c(c1)C(=O)N(C)C2=O)C(=O)Nc1ccc(C(C)(C)C)cc1. The third kappa shape index (κ3) is 4.10. The highest BCUT2D eigenvalue weighted by atomic mass is 16.5. The summed E-state index contributed by atoms with van der Waals surface area (Å²) in [7, 11) is 1.38. The standard InChI is InChI=1S/C23H24N2O5/c1-13(19(26)24-16-9-7-15(8-10-16)23(2,3)4)30-22(29)14-6-11-17-18(12-14)21(28)25(5)20(17)27/h6-13H,1-5H3,(H,24,26). The zero-order chi connectivity index (χ0) is 22.2. The number of hydrogen-bond acceptors (Lipinski definition) is 5. The van der Waals surface area contributed by atoms with Gasteiger partial charge in [0.05, 0.1) is 16.7 Å². The first-order valence-electron chi connectivity index (χ1n) is 9.58. The molecule has 2 aromatic carbocycles. The fourth-order valence-corrected chi connectivity index (χ4v) is 3.07. The van der Waals surface area contributed by atoms with Crippen molar-refractivity contribution in [3.63, 3.8) is 0 Å². The number of hydrogen-bond donors (Lipinski definition) is 1. The van der Waals surface area contributed by atoms with E-state index < -0.39 is 29.8 Å². The molecule has 0 spiro atoms. The summed E-state index contributed by atoms with van der Waals surface area (Å²) in [6, 6.07) is 11.6. The molecule has 0 radical (unpaired) electrons. The lowest BCUT2D eigenvalue weighted by Crippen LogP contribution is -2.30. The van der Waals surface area contributed by atoms with Gasteiger partial charge in [0, 0.05) is 12.7 Å². The molecule has 0 aliphatic carbocycles. The van der Waals surface area contributed by atoms with Crippen LogP contribution in [-0.4, -0.2) is 41.7 Å². The normalized spacial score (nSPS) is 14.4. The van der Waals surface area contributed by atoms with Crippen molar-refractivity contribution < 1.29 is 23.9 Å². The second-order valence-corrected chi connectivity index (χ2v) is 8.29. The second kappa shape index (κ2) is 7.74. The molecule has 156 valence electrons. The molecule has 1 atom stereocenters. The van der Waals surface area contributed by atoms with Gasteiger partial charge in [-0.15, -0.1) is 0 Å². The molecule has 0 bridgehead atoms. The van der Waals surface area contributed by atoms with E-state index in [1.54, 1.807) is 12.1 Å². The van der Waals surface area contributed by atoms with E-state index in [0.717, 1.165) is 10.5 Å². The van der Waals surface area contributed by atoms with Gasteiger partial charge in [-0.1, -0.05) is 32.9 Å². The van der Waals surface area contributed by atoms with Crippen molar-refractivity contribution in [2.75, 3.05) is 12.4 Å². The largest absolute Gasteiger partial charge is 0.449 e. The molecule has 0 fully saturated rings. The Balaban J connectivity index is 1.65. The molecule has 0 aromatic heterocycles. The highest BCUT2D eigenvalue weighted by Gasteiger charge is 2.33. The Kier molecular flexibility index (Phi) is 5.48. The summed E-state index contributed by atoms with van der Waals surface area (Å²) >= 11 is 0. The van der Waals surface area contributed by atoms with E-state index in [-0.39, 0.29) is 22.1 Å². The first-order valence-corrected chi connectivity index (χ1v) is 9.58. The topological polar surface area (TPSA) is 92.8 Å². The van der Waals surface area contributed by atoms with E-state index in [1.807, 2.05) is 12.1 Å². The van der Waals surface area contributed by atoms with Crippen LogP contribution in [0.25, 0.3) is 0 Å². The first kappa shape index (κ1) is 21.2. The van der Waals surface area contributed by atoms with E-state index in [9.17, 15) is 19.2 Å². The highest BCUT2D eigenvalue weighted by molar-refractivity contribution is 6.21. The van der Waals surface area contributed by atoms with Crippen LogP contribution in [-0.2, 0) is 14.9 Å². The Hall–Kier alpha value is -3.48. The van der Waals surface area contributed by atoms with Gasteiger partial charge in [0.25, 0.3) is 17.7 Å². The van der Waals surface area contributed by atoms with E-state index in [2.05, 4.69) is 26.1 Å². The van der Waals surface area contributed by atoms with Gasteiger partial charge in [-0.3, -0.25) is 19.3 Å². The van der Waals surface area contributed by atoms with Crippen molar-refractivity contribution in [1.29, 1.82) is 0 Å². The Morgan fingerprint density at radius 1 is 0.967 bits per heavy atom. The predicted octanol–water partition coefficient (Wildman–Crippen LogP) is 3.39. The lowest BCUT2D eigenvalue weighted by molar-refractivity contribution is -0.123. The molecule has 2 aromatic rings. The summed E-state index contributed by atoms with van der Waals surface area (Å²) < 4.78 is 5.24. The predicted molar refractivity (Wildman–Crippen MR) is 112 cm³/mol. The Morgan fingerprint density at radius 2 is 1.57 bits per heavy atom. The third-order valence-electron chi connectivity index (χ3n) is 5.00. The Labute approximate surface area is 175 Å². The second-order valence-electron chi connectivity index (χ2n) is 8.29. The van der Waals surface area contributed by atoms with Gasteiger partial charge in [0.1, 0.15) is 0 Å². The van der Waals surface area contributed by atoms with Crippen LogP contribution in [0.1, 0.15) is 64.3 Å². The van der Waals surface area contributed by atoms with Crippen molar-refractivity contribution in [2.24, 2.45) is 0 Å². The molecule has 1 N–H and O–H groups in total. The number of amides is 3. The van der Waals surface area contributed by atoms with Crippen LogP contribution in [0.15, 0.2) is 42.5 Å². The molecule has 0 saturated heterocycles. The van der Waals surface area contributed by atoms with Crippen molar-refractivity contribution in [3.8, 4) is 0 Å². The average molecular weight is 408 g/mol. The van der Waals surface area contributed by atoms with Gasteiger partial charge in [-0.25, -0.2) is 4.79 Å². The van der Waals surface area contributed by atoms with Gasteiger partial charge >= 0.3 is 5.97 Å². The number of rotatable bonds is 4. The molecule has 7 heteroatoms. The molecule has 3 amide bonds. The van der Waals surface area contributed by atoms with Crippen LogP contribution in [0.5, 0.6) is 0 Å². The average Bonchev–Trinajstić information content (AvgIpc) is 2.91. The van der Waals surface area contributed by atoms with Crippen molar-refractivity contribution in [1.82, 2.24) is 4.90 Å². The minimum Gasteiger partial charge on any atom is -0.449 e. The molecule has 1 aliphatic rings. The van der Waals surface area contributed by atoms with E-state index in [0.29, 0.717) is 5.69 Å². The number of carbonyl (C=O) groups is 4. The fourth-order valence-electron chi connectivity index (χ4n) is 3.07. The molecular formula is C23H24N2O5. The minimum atomic E-state index is -1.05. The number of benzene rings is 2. The monoisotopic (exact) mass is 408 g/mol. The molecular weight excluding hydrogens is 384 g/mol. The van der Waals surface area contributed by atoms with Crippen molar-refractivity contribution >= 4 is 29.4 Å². The zero-order valence-electron chi connectivity index (χ0n) is 17.6. The van der Waals surface area contributed by atoms with Gasteiger partial charge in [-0.05, 0) is 48.2 Å². The summed E-state index contributed by atoms with van der Waals surface area (Å²) in [6.45, 7) is 7.76. The lowest BCUT2D eigenvalue weighted by Gasteiger charge is -2.19. The van der Waals surface area contributed by atoms with Gasteiger partial charge in [0.15, 0.2) is 6.10 Å². The molecule has 1 unspecified atom stereocenters. The van der Waals surface area contributed by atoms with Crippen LogP contribution in [0.4, 0.5) is 5.69 Å². The van der Waals surface area contributed by atoms with Gasteiger partial charge in [0.2, 0.25) is 0 Å². The number of nitrogens with zero attached hydrogens (tertiary/aromatic N) is 1. The first-order chi connectivity index (χ1) is 14.0. The molecule has 1 aliphatic heterocycles. The summed E-state index contributed by atoms with van der Waals surface area (Å²) in [4.78, 5) is 49.8. The third-order valence-corrected chi connectivity index (χ3v) is 5.00. The quantitative estimate of drug-likeness (QED) is 0.618. The van der Waals surface area contributed by atoms with Gasteiger partial charge in [-0.2, -0.15) is 0 Å². The van der Waals surface area contributed by atoms with Gasteiger partial charge < -0.3 is 10.1 Å². The van der Waals surface area contributed by atoms with E-state index >= 15 is 0 Å². The number of fused-ring (bicyclic) bond motifs is 1. The summed E-state index contributed by atoms with van der Waals surface area (Å²) in [5.74, 6) is -2.12. The van der Waals surface area contributed by atoms with Crippen LogP contribution >= 0.6 is 0 Å². The molecule has 30 heavy (non-hydrogen) atoms. The number of carbonyl (C=O) groups excluding carboxylic acids is 4. The molecule has 3 rings (SSSR count). The van der Waals surface area contributed by atoms with Crippen molar-refractivity contribution in [2.45, 2.75) is 39.2 Å². The maximum absolute atomic E-state index is 12.4. The van der Waals surface area contributed by atoms with E-state index in [4.69, 9.17) is 4.74 Å². The van der Waals surface area contributed by atoms with E-state index in [1.165, 1.54) is 32.2 Å². The number of anilines is 1. The molecule has 1 heterocycles. The maximum atomic E-state index is 12.4. The Morgan fingerprint density at radius 3 is 2.17 bits per heavy atom. The van der Waals surface area contributed by atoms with Crippen LogP contribution in [0, 0.1) is 0 Å². The number of esters is 1. The summed E-state index contributed by atoms with van der Waals surface area (Å²) in [5, 5.41) is 2.72. The Bertz CT molecular complexity index is 1030. The zero-order valence-corrected chi connectivity index (χ0v) is 17.6. The maximum Gasteiger partial charge on any atom is 0.338 e. The molecule has 7 nitrogen and oxygen atoms in total. The van der Waals surface area contributed by atoms with Crippen LogP contribution < -0.4 is 5.32 Å². The number of nitrogens with one attached hydrogen (secondary N) is 1. The smallest absolute Gasteiger partial charge is 0.338 e. The van der Waals surface area contributed by atoms with Crippen molar-refractivity contribution in [3.05, 3.63) is 64.7 Å². The fraction of sp³-hybridized carbons (Fsp3) is 0.304. The number of imide groups is 1. The molecule has 0 saturated carbocycles. The lowest BCUT2D eigenvalue weighted by atomic mass is 9.87. The highest BCUT2D eigenvalue weighted by Crippen LogP contribution is 2.24. The number of ether oxygens (including phenoxy) is 1. The summed E-state index contributed by atoms with van der Waals surface area (Å²) in [5.41, 5.74) is 2.22. The minimum absolute atomic E-state index is 0.00201. The van der Waals surface area contributed by atoms with Crippen LogP contribution in [0.2, 0.25) is 0 Å². The van der Waals surface area contributed by atoms with Crippen LogP contribution in [0.3, 0.4) is 0 Å². The summed E-state index contributed by atoms with van der Waals surface area (Å²) in [6.07, 6.45) is -1.05.